The topological polar surface area (TPSA) is 43.4 Å². The standard InChI is InChI=1S/C7H10O3S2/c1-6(8)10-4-7-5-11-2-3-12(7)9/h5H,2-4H2,1H3. The van der Waals surface area contributed by atoms with Gasteiger partial charge in [-0.1, -0.05) is 0 Å². The van der Waals surface area contributed by atoms with Crippen LogP contribution in [0.5, 0.6) is 0 Å². The van der Waals surface area contributed by atoms with E-state index in [1.54, 1.807) is 11.8 Å². The van der Waals surface area contributed by atoms with E-state index >= 15 is 0 Å². The van der Waals surface area contributed by atoms with Crippen LogP contribution in [-0.4, -0.2) is 28.3 Å². The predicted octanol–water partition coefficient (Wildman–Crippen LogP) is 0.886. The molecule has 0 fully saturated rings. The van der Waals surface area contributed by atoms with Gasteiger partial charge in [0.1, 0.15) is 6.61 Å². The molecule has 0 saturated heterocycles. The number of carbonyl (C=O) groups is 1. The van der Waals surface area contributed by atoms with Crippen molar-refractivity contribution in [1.82, 2.24) is 0 Å². The molecule has 1 aliphatic rings. The summed E-state index contributed by atoms with van der Waals surface area (Å²) in [5, 5.41) is 1.82. The maximum absolute atomic E-state index is 11.2. The van der Waals surface area contributed by atoms with E-state index in [9.17, 15) is 9.00 Å². The Kier molecular flexibility index (Phi) is 3.81. The molecule has 0 aliphatic carbocycles. The lowest BCUT2D eigenvalue weighted by Gasteiger charge is -2.11. The van der Waals surface area contributed by atoms with Crippen LogP contribution in [0.3, 0.4) is 0 Å². The lowest BCUT2D eigenvalue weighted by molar-refractivity contribution is -0.139. The second-order valence-corrected chi connectivity index (χ2v) is 4.89. The first-order valence-corrected chi connectivity index (χ1v) is 5.89. The third-order valence-electron chi connectivity index (χ3n) is 1.31. The number of hydrogen-bond acceptors (Lipinski definition) is 4. The normalized spacial score (nSPS) is 23.1. The Hall–Kier alpha value is -0.290. The van der Waals surface area contributed by atoms with Crippen molar-refractivity contribution in [2.24, 2.45) is 0 Å². The second-order valence-electron chi connectivity index (χ2n) is 2.28. The molecule has 0 aromatic rings. The van der Waals surface area contributed by atoms with Crippen molar-refractivity contribution in [3.8, 4) is 0 Å². The summed E-state index contributed by atoms with van der Waals surface area (Å²) < 4.78 is 16.0. The largest absolute Gasteiger partial charge is 0.460 e. The van der Waals surface area contributed by atoms with E-state index in [1.165, 1.54) is 6.92 Å². The summed E-state index contributed by atoms with van der Waals surface area (Å²) in [5.74, 6) is 1.22. The van der Waals surface area contributed by atoms with Crippen molar-refractivity contribution < 1.29 is 13.7 Å². The Labute approximate surface area is 78.0 Å². The fourth-order valence-electron chi connectivity index (χ4n) is 0.733. The van der Waals surface area contributed by atoms with Crippen molar-refractivity contribution >= 4 is 28.5 Å². The number of esters is 1. The molecule has 3 nitrogen and oxygen atoms in total. The molecule has 1 unspecified atom stereocenters. The van der Waals surface area contributed by atoms with Crippen LogP contribution in [0.15, 0.2) is 10.3 Å². The van der Waals surface area contributed by atoms with Crippen LogP contribution in [0.2, 0.25) is 0 Å². The second kappa shape index (κ2) is 4.67. The van der Waals surface area contributed by atoms with Crippen LogP contribution in [0.1, 0.15) is 6.92 Å². The summed E-state index contributed by atoms with van der Waals surface area (Å²) >= 11 is 1.61. The van der Waals surface area contributed by atoms with Crippen LogP contribution < -0.4 is 0 Å². The lowest BCUT2D eigenvalue weighted by Crippen LogP contribution is -2.13. The molecule has 68 valence electrons. The highest BCUT2D eigenvalue weighted by atomic mass is 32.2. The van der Waals surface area contributed by atoms with Crippen LogP contribution in [-0.2, 0) is 20.3 Å². The van der Waals surface area contributed by atoms with Gasteiger partial charge in [-0.2, -0.15) is 0 Å². The SMILES string of the molecule is CC(=O)OCC1=CSCCS1=O. The molecule has 0 aromatic heterocycles. The molecule has 0 aromatic carbocycles. The third kappa shape index (κ3) is 2.98. The molecule has 0 spiro atoms. The van der Waals surface area contributed by atoms with Crippen LogP contribution in [0, 0.1) is 0 Å². The highest BCUT2D eigenvalue weighted by Crippen LogP contribution is 2.18. The van der Waals surface area contributed by atoms with Gasteiger partial charge in [0.2, 0.25) is 0 Å². The third-order valence-corrected chi connectivity index (χ3v) is 4.01. The summed E-state index contributed by atoms with van der Waals surface area (Å²) in [4.78, 5) is 11.2. The predicted molar refractivity (Wildman–Crippen MR) is 50.2 cm³/mol. The van der Waals surface area contributed by atoms with Crippen molar-refractivity contribution in [2.75, 3.05) is 18.1 Å². The zero-order valence-electron chi connectivity index (χ0n) is 6.74. The fraction of sp³-hybridized carbons (Fsp3) is 0.571. The molecule has 1 atom stereocenters. The Balaban J connectivity index is 2.44. The van der Waals surface area contributed by atoms with Gasteiger partial charge in [0.15, 0.2) is 0 Å². The van der Waals surface area contributed by atoms with Crippen molar-refractivity contribution in [1.29, 1.82) is 0 Å². The first kappa shape index (κ1) is 9.80. The molecular formula is C7H10O3S2. The molecule has 1 rings (SSSR count). The highest BCUT2D eigenvalue weighted by Gasteiger charge is 2.12. The fourth-order valence-corrected chi connectivity index (χ4v) is 3.18. The maximum atomic E-state index is 11.2. The van der Waals surface area contributed by atoms with Crippen molar-refractivity contribution in [2.45, 2.75) is 6.92 Å². The number of ether oxygens (including phenoxy) is 1. The van der Waals surface area contributed by atoms with E-state index in [4.69, 9.17) is 4.74 Å². The first-order valence-electron chi connectivity index (χ1n) is 3.52. The quantitative estimate of drug-likeness (QED) is 0.629. The Morgan fingerprint density at radius 1 is 1.83 bits per heavy atom. The summed E-state index contributed by atoms with van der Waals surface area (Å²) in [7, 11) is -0.931. The minimum Gasteiger partial charge on any atom is -0.460 e. The Morgan fingerprint density at radius 3 is 3.17 bits per heavy atom. The van der Waals surface area contributed by atoms with Gasteiger partial charge in [-0.3, -0.25) is 9.00 Å². The van der Waals surface area contributed by atoms with Gasteiger partial charge < -0.3 is 4.74 Å². The molecule has 12 heavy (non-hydrogen) atoms. The molecule has 5 heteroatoms. The van der Waals surface area contributed by atoms with Gasteiger partial charge in [-0.15, -0.1) is 11.8 Å². The minimum absolute atomic E-state index is 0.176. The number of rotatable bonds is 2. The van der Waals surface area contributed by atoms with Crippen LogP contribution >= 0.6 is 11.8 Å². The summed E-state index contributed by atoms with van der Waals surface area (Å²) in [5.41, 5.74) is 0. The highest BCUT2D eigenvalue weighted by molar-refractivity contribution is 8.05. The molecule has 0 N–H and O–H groups in total. The van der Waals surface area contributed by atoms with Gasteiger partial charge in [0, 0.05) is 18.4 Å². The lowest BCUT2D eigenvalue weighted by atomic mass is 10.6. The van der Waals surface area contributed by atoms with E-state index < -0.39 is 10.8 Å². The average molecular weight is 206 g/mol. The van der Waals surface area contributed by atoms with Gasteiger partial charge in [-0.05, 0) is 5.41 Å². The molecule has 0 bridgehead atoms. The molecule has 0 amide bonds. The Bertz CT molecular complexity index is 235. The van der Waals surface area contributed by atoms with Crippen LogP contribution in [0.25, 0.3) is 0 Å². The summed E-state index contributed by atoms with van der Waals surface area (Å²) in [6.07, 6.45) is 0. The summed E-state index contributed by atoms with van der Waals surface area (Å²) in [6.45, 7) is 1.52. The molecule has 1 aliphatic heterocycles. The zero-order chi connectivity index (χ0) is 8.97. The van der Waals surface area contributed by atoms with E-state index in [-0.39, 0.29) is 12.6 Å². The zero-order valence-corrected chi connectivity index (χ0v) is 8.37. The number of thioether (sulfide) groups is 1. The number of hydrogen-bond donors (Lipinski definition) is 0. The van der Waals surface area contributed by atoms with E-state index in [2.05, 4.69) is 0 Å². The minimum atomic E-state index is -0.931. The number of carbonyl (C=O) groups excluding carboxylic acids is 1. The monoisotopic (exact) mass is 206 g/mol. The van der Waals surface area contributed by atoms with Gasteiger partial charge in [0.05, 0.1) is 15.7 Å². The van der Waals surface area contributed by atoms with Gasteiger partial charge >= 0.3 is 5.97 Å². The van der Waals surface area contributed by atoms with E-state index in [0.29, 0.717) is 5.75 Å². The molecule has 0 radical (unpaired) electrons. The van der Waals surface area contributed by atoms with Gasteiger partial charge in [-0.25, -0.2) is 0 Å². The van der Waals surface area contributed by atoms with Crippen LogP contribution in [0.4, 0.5) is 0 Å². The van der Waals surface area contributed by atoms with E-state index in [1.807, 2.05) is 5.41 Å². The summed E-state index contributed by atoms with van der Waals surface area (Å²) in [6, 6.07) is 0. The maximum Gasteiger partial charge on any atom is 0.302 e. The smallest absolute Gasteiger partial charge is 0.302 e. The average Bonchev–Trinajstić information content (AvgIpc) is 2.03. The molecule has 0 saturated carbocycles. The first-order chi connectivity index (χ1) is 5.70. The van der Waals surface area contributed by atoms with Gasteiger partial charge in [0.25, 0.3) is 0 Å². The van der Waals surface area contributed by atoms with Crippen molar-refractivity contribution in [3.63, 3.8) is 0 Å². The van der Waals surface area contributed by atoms with E-state index in [0.717, 1.165) is 10.7 Å². The molecule has 1 heterocycles. The Morgan fingerprint density at radius 2 is 2.58 bits per heavy atom. The van der Waals surface area contributed by atoms with Crippen molar-refractivity contribution in [3.05, 3.63) is 10.3 Å². The molecular weight excluding hydrogens is 196 g/mol.